The zero-order chi connectivity index (χ0) is 17.5. The molecule has 132 valence electrons. The van der Waals surface area contributed by atoms with Crippen molar-refractivity contribution in [1.29, 1.82) is 0 Å². The molecule has 1 fully saturated rings. The lowest BCUT2D eigenvalue weighted by molar-refractivity contribution is 0.0953. The van der Waals surface area contributed by atoms with E-state index in [0.717, 1.165) is 42.9 Å². The Morgan fingerprint density at radius 3 is 2.52 bits per heavy atom. The average Bonchev–Trinajstić information content (AvgIpc) is 3.18. The van der Waals surface area contributed by atoms with Crippen molar-refractivity contribution in [2.75, 3.05) is 25.0 Å². The van der Waals surface area contributed by atoms with Crippen LogP contribution in [0.1, 0.15) is 28.9 Å². The van der Waals surface area contributed by atoms with Crippen molar-refractivity contribution < 1.29 is 9.59 Å². The summed E-state index contributed by atoms with van der Waals surface area (Å²) in [4.78, 5) is 26.8. The lowest BCUT2D eigenvalue weighted by Crippen LogP contribution is -2.41. The van der Waals surface area contributed by atoms with Gasteiger partial charge in [0.25, 0.3) is 5.91 Å². The highest BCUT2D eigenvalue weighted by Crippen LogP contribution is 2.21. The molecule has 3 rings (SSSR count). The fourth-order valence-corrected chi connectivity index (χ4v) is 3.67. The SMILES string of the molecule is O=C(NCCC1CCN(C(=O)Nc2ccccc2)CC1)c1cccs1. The molecular weight excluding hydrogens is 334 g/mol. The molecule has 25 heavy (non-hydrogen) atoms. The fourth-order valence-electron chi connectivity index (χ4n) is 3.03. The average molecular weight is 357 g/mol. The number of carbonyl (C=O) groups is 2. The summed E-state index contributed by atoms with van der Waals surface area (Å²) in [7, 11) is 0. The highest BCUT2D eigenvalue weighted by Gasteiger charge is 2.22. The normalized spacial score (nSPS) is 15.0. The highest BCUT2D eigenvalue weighted by molar-refractivity contribution is 7.12. The molecule has 1 aromatic carbocycles. The van der Waals surface area contributed by atoms with Crippen LogP contribution < -0.4 is 10.6 Å². The number of piperidine rings is 1. The van der Waals surface area contributed by atoms with Crippen molar-refractivity contribution in [2.24, 2.45) is 5.92 Å². The maximum atomic E-state index is 12.3. The van der Waals surface area contributed by atoms with Gasteiger partial charge in [-0.2, -0.15) is 0 Å². The molecule has 0 radical (unpaired) electrons. The minimum absolute atomic E-state index is 0.00896. The van der Waals surface area contributed by atoms with E-state index in [0.29, 0.717) is 12.5 Å². The van der Waals surface area contributed by atoms with Crippen LogP contribution in [-0.4, -0.2) is 36.5 Å². The zero-order valence-corrected chi connectivity index (χ0v) is 14.9. The summed E-state index contributed by atoms with van der Waals surface area (Å²) in [6, 6.07) is 13.2. The molecule has 0 spiro atoms. The van der Waals surface area contributed by atoms with Gasteiger partial charge in [0.1, 0.15) is 0 Å². The first kappa shape index (κ1) is 17.5. The predicted octanol–water partition coefficient (Wildman–Crippen LogP) is 3.81. The molecule has 0 atom stereocenters. The number of likely N-dealkylation sites (tertiary alicyclic amines) is 1. The fraction of sp³-hybridized carbons (Fsp3) is 0.368. The van der Waals surface area contributed by atoms with Gasteiger partial charge in [-0.05, 0) is 48.8 Å². The van der Waals surface area contributed by atoms with E-state index in [1.165, 1.54) is 11.3 Å². The van der Waals surface area contributed by atoms with Crippen molar-refractivity contribution >= 4 is 29.0 Å². The van der Waals surface area contributed by atoms with E-state index >= 15 is 0 Å². The van der Waals surface area contributed by atoms with Gasteiger partial charge in [-0.15, -0.1) is 11.3 Å². The quantitative estimate of drug-likeness (QED) is 0.855. The molecule has 0 saturated carbocycles. The molecule has 1 aliphatic rings. The monoisotopic (exact) mass is 357 g/mol. The summed E-state index contributed by atoms with van der Waals surface area (Å²) in [5.41, 5.74) is 0.825. The van der Waals surface area contributed by atoms with E-state index in [1.54, 1.807) is 0 Å². The Labute approximate surface area is 152 Å². The van der Waals surface area contributed by atoms with E-state index in [9.17, 15) is 9.59 Å². The van der Waals surface area contributed by atoms with Crippen molar-refractivity contribution in [3.63, 3.8) is 0 Å². The van der Waals surface area contributed by atoms with E-state index in [-0.39, 0.29) is 11.9 Å². The second-order valence-corrected chi connectivity index (χ2v) is 7.20. The number of urea groups is 1. The van der Waals surface area contributed by atoms with Crippen LogP contribution in [0.25, 0.3) is 0 Å². The minimum atomic E-state index is -0.0318. The molecule has 3 amide bonds. The van der Waals surface area contributed by atoms with Crippen molar-refractivity contribution in [3.05, 3.63) is 52.7 Å². The van der Waals surface area contributed by atoms with Gasteiger partial charge in [0.2, 0.25) is 0 Å². The van der Waals surface area contributed by atoms with Gasteiger partial charge in [0.15, 0.2) is 0 Å². The number of carbonyl (C=O) groups excluding carboxylic acids is 2. The van der Waals surface area contributed by atoms with Crippen LogP contribution in [0.3, 0.4) is 0 Å². The lowest BCUT2D eigenvalue weighted by atomic mass is 9.94. The van der Waals surface area contributed by atoms with Crippen LogP contribution >= 0.6 is 11.3 Å². The number of thiophene rings is 1. The Morgan fingerprint density at radius 1 is 1.08 bits per heavy atom. The minimum Gasteiger partial charge on any atom is -0.351 e. The summed E-state index contributed by atoms with van der Waals surface area (Å²) < 4.78 is 0. The molecule has 2 heterocycles. The van der Waals surface area contributed by atoms with Gasteiger partial charge >= 0.3 is 6.03 Å². The Kier molecular flexibility index (Phi) is 6.06. The number of rotatable bonds is 5. The van der Waals surface area contributed by atoms with Gasteiger partial charge < -0.3 is 15.5 Å². The Bertz CT molecular complexity index is 680. The Hall–Kier alpha value is -2.34. The van der Waals surface area contributed by atoms with Gasteiger partial charge in [0.05, 0.1) is 4.88 Å². The summed E-state index contributed by atoms with van der Waals surface area (Å²) in [6.07, 6.45) is 2.93. The number of hydrogen-bond acceptors (Lipinski definition) is 3. The van der Waals surface area contributed by atoms with Gasteiger partial charge in [-0.3, -0.25) is 4.79 Å². The summed E-state index contributed by atoms with van der Waals surface area (Å²) >= 11 is 1.46. The number of hydrogen-bond donors (Lipinski definition) is 2. The van der Waals surface area contributed by atoms with E-state index in [4.69, 9.17) is 0 Å². The number of amides is 3. The maximum absolute atomic E-state index is 12.3. The van der Waals surface area contributed by atoms with Crippen LogP contribution in [0.4, 0.5) is 10.5 Å². The topological polar surface area (TPSA) is 61.4 Å². The molecular formula is C19H23N3O2S. The first-order valence-electron chi connectivity index (χ1n) is 8.65. The smallest absolute Gasteiger partial charge is 0.321 e. The lowest BCUT2D eigenvalue weighted by Gasteiger charge is -2.32. The van der Waals surface area contributed by atoms with Crippen LogP contribution in [0.5, 0.6) is 0 Å². The van der Waals surface area contributed by atoms with E-state index in [1.807, 2.05) is 52.7 Å². The summed E-state index contributed by atoms with van der Waals surface area (Å²) in [5, 5.41) is 7.82. The molecule has 1 aromatic heterocycles. The first-order valence-corrected chi connectivity index (χ1v) is 9.53. The standard InChI is InChI=1S/C19H23N3O2S/c23-18(17-7-4-14-25-17)20-11-8-15-9-12-22(13-10-15)19(24)21-16-5-2-1-3-6-16/h1-7,14-15H,8-13H2,(H,20,23)(H,21,24). The number of para-hydroxylation sites is 1. The molecule has 5 nitrogen and oxygen atoms in total. The van der Waals surface area contributed by atoms with Gasteiger partial charge in [-0.25, -0.2) is 4.79 Å². The largest absolute Gasteiger partial charge is 0.351 e. The van der Waals surface area contributed by atoms with Gasteiger partial charge in [0, 0.05) is 25.3 Å². The molecule has 6 heteroatoms. The second kappa shape index (κ2) is 8.67. The summed E-state index contributed by atoms with van der Waals surface area (Å²) in [6.45, 7) is 2.22. The molecule has 0 bridgehead atoms. The highest BCUT2D eigenvalue weighted by atomic mass is 32.1. The molecule has 2 aromatic rings. The van der Waals surface area contributed by atoms with Crippen LogP contribution in [-0.2, 0) is 0 Å². The molecule has 1 aliphatic heterocycles. The first-order chi connectivity index (χ1) is 12.2. The molecule has 0 unspecified atom stereocenters. The predicted molar refractivity (Wildman–Crippen MR) is 101 cm³/mol. The van der Waals surface area contributed by atoms with Crippen LogP contribution in [0, 0.1) is 5.92 Å². The second-order valence-electron chi connectivity index (χ2n) is 6.25. The molecule has 1 saturated heterocycles. The number of anilines is 1. The molecule has 0 aliphatic carbocycles. The molecule has 2 N–H and O–H groups in total. The Balaban J connectivity index is 1.35. The van der Waals surface area contributed by atoms with Gasteiger partial charge in [-0.1, -0.05) is 24.3 Å². The third kappa shape index (κ3) is 5.06. The number of benzene rings is 1. The van der Waals surface area contributed by atoms with Crippen molar-refractivity contribution in [3.8, 4) is 0 Å². The third-order valence-corrected chi connectivity index (χ3v) is 5.38. The van der Waals surface area contributed by atoms with Crippen molar-refractivity contribution in [2.45, 2.75) is 19.3 Å². The Morgan fingerprint density at radius 2 is 1.84 bits per heavy atom. The van der Waals surface area contributed by atoms with E-state index < -0.39 is 0 Å². The van der Waals surface area contributed by atoms with Crippen molar-refractivity contribution in [1.82, 2.24) is 10.2 Å². The number of nitrogens with one attached hydrogen (secondary N) is 2. The third-order valence-electron chi connectivity index (χ3n) is 4.51. The van der Waals surface area contributed by atoms with E-state index in [2.05, 4.69) is 10.6 Å². The maximum Gasteiger partial charge on any atom is 0.321 e. The summed E-state index contributed by atoms with van der Waals surface area (Å²) in [5.74, 6) is 0.569. The zero-order valence-electron chi connectivity index (χ0n) is 14.1. The van der Waals surface area contributed by atoms with Crippen LogP contribution in [0.2, 0.25) is 0 Å². The number of nitrogens with zero attached hydrogens (tertiary/aromatic N) is 1. The van der Waals surface area contributed by atoms with Crippen LogP contribution in [0.15, 0.2) is 47.8 Å².